The molecule has 0 aliphatic rings. The standard InChI is InChI=1S/C28H29NP/c1-5-13-25(14-6-1)21-22-29-23-24-30(26-15-7-2-8-16-26,27-17-9-3-10-18-27)28-19-11-4-12-20-28/h1-20,29H,21-24H2/q+1. The molecule has 4 aromatic carbocycles. The molecule has 30 heavy (non-hydrogen) atoms. The van der Waals surface area contributed by atoms with Gasteiger partial charge in [-0.2, -0.15) is 0 Å². The van der Waals surface area contributed by atoms with Gasteiger partial charge in [0.15, 0.2) is 0 Å². The van der Waals surface area contributed by atoms with E-state index in [4.69, 9.17) is 0 Å². The lowest BCUT2D eigenvalue weighted by Gasteiger charge is -2.27. The maximum absolute atomic E-state index is 3.73. The van der Waals surface area contributed by atoms with Crippen molar-refractivity contribution in [3.8, 4) is 0 Å². The predicted molar refractivity (Wildman–Crippen MR) is 133 cm³/mol. The molecule has 150 valence electrons. The fourth-order valence-corrected chi connectivity index (χ4v) is 8.34. The third-order valence-electron chi connectivity index (χ3n) is 5.65. The summed E-state index contributed by atoms with van der Waals surface area (Å²) in [7, 11) is -1.73. The van der Waals surface area contributed by atoms with E-state index in [9.17, 15) is 0 Å². The maximum Gasteiger partial charge on any atom is 0.113 e. The highest BCUT2D eigenvalue weighted by Crippen LogP contribution is 2.54. The fraction of sp³-hybridized carbons (Fsp3) is 0.143. The minimum Gasteiger partial charge on any atom is -0.313 e. The molecule has 0 radical (unpaired) electrons. The summed E-state index contributed by atoms with van der Waals surface area (Å²) in [6.07, 6.45) is 2.17. The van der Waals surface area contributed by atoms with E-state index in [-0.39, 0.29) is 0 Å². The van der Waals surface area contributed by atoms with Gasteiger partial charge in [0, 0.05) is 6.54 Å². The lowest BCUT2D eigenvalue weighted by molar-refractivity contribution is 0.719. The molecular weight excluding hydrogens is 381 g/mol. The van der Waals surface area contributed by atoms with E-state index in [0.29, 0.717) is 0 Å². The quantitative estimate of drug-likeness (QED) is 0.308. The molecule has 1 N–H and O–H groups in total. The molecule has 4 rings (SSSR count). The van der Waals surface area contributed by atoms with Gasteiger partial charge in [-0.3, -0.25) is 0 Å². The number of hydrogen-bond donors (Lipinski definition) is 1. The third kappa shape index (κ3) is 4.70. The molecule has 1 nitrogen and oxygen atoms in total. The molecule has 0 saturated carbocycles. The van der Waals surface area contributed by atoms with Crippen molar-refractivity contribution in [2.75, 3.05) is 19.3 Å². The van der Waals surface area contributed by atoms with E-state index in [1.165, 1.54) is 21.5 Å². The van der Waals surface area contributed by atoms with Crippen molar-refractivity contribution in [3.63, 3.8) is 0 Å². The Labute approximate surface area is 181 Å². The van der Waals surface area contributed by atoms with Gasteiger partial charge in [0.05, 0.1) is 6.16 Å². The van der Waals surface area contributed by atoms with Crippen molar-refractivity contribution in [3.05, 3.63) is 127 Å². The lowest BCUT2D eigenvalue weighted by Crippen LogP contribution is -2.36. The van der Waals surface area contributed by atoms with Gasteiger partial charge in [0.1, 0.15) is 23.2 Å². The summed E-state index contributed by atoms with van der Waals surface area (Å²) in [4.78, 5) is 0. The Balaban J connectivity index is 1.61. The molecule has 0 fully saturated rings. The summed E-state index contributed by atoms with van der Waals surface area (Å²) in [5, 5.41) is 8.08. The first-order valence-electron chi connectivity index (χ1n) is 10.7. The molecule has 0 heterocycles. The summed E-state index contributed by atoms with van der Waals surface area (Å²) in [5.74, 6) is 0. The molecular formula is C28H29NP+. The Morgan fingerprint density at radius 1 is 0.467 bits per heavy atom. The molecule has 2 heteroatoms. The second-order valence-electron chi connectivity index (χ2n) is 7.53. The highest BCUT2D eigenvalue weighted by Gasteiger charge is 2.44. The largest absolute Gasteiger partial charge is 0.313 e. The van der Waals surface area contributed by atoms with Crippen LogP contribution in [-0.2, 0) is 6.42 Å². The zero-order chi connectivity index (χ0) is 20.5. The SMILES string of the molecule is c1ccc(CCNCC[P+](c2ccccc2)(c2ccccc2)c2ccccc2)cc1. The van der Waals surface area contributed by atoms with Crippen LogP contribution in [0.25, 0.3) is 0 Å². The third-order valence-corrected chi connectivity index (χ3v) is 10.1. The maximum atomic E-state index is 3.73. The van der Waals surface area contributed by atoms with E-state index in [1.807, 2.05) is 0 Å². The lowest BCUT2D eigenvalue weighted by atomic mass is 10.1. The van der Waals surface area contributed by atoms with Gasteiger partial charge in [-0.1, -0.05) is 84.9 Å². The average molecular weight is 411 g/mol. The zero-order valence-electron chi connectivity index (χ0n) is 17.3. The predicted octanol–water partition coefficient (Wildman–Crippen LogP) is 4.81. The van der Waals surface area contributed by atoms with Gasteiger partial charge in [-0.05, 0) is 54.9 Å². The Morgan fingerprint density at radius 3 is 1.30 bits per heavy atom. The normalized spacial score (nSPS) is 11.3. The van der Waals surface area contributed by atoms with Crippen molar-refractivity contribution >= 4 is 23.2 Å². The van der Waals surface area contributed by atoms with Crippen LogP contribution < -0.4 is 21.2 Å². The van der Waals surface area contributed by atoms with Gasteiger partial charge < -0.3 is 5.32 Å². The molecule has 0 saturated heterocycles. The molecule has 0 atom stereocenters. The van der Waals surface area contributed by atoms with Crippen molar-refractivity contribution in [1.82, 2.24) is 5.32 Å². The Hall–Kier alpha value is -2.73. The Kier molecular flexibility index (Phi) is 7.08. The van der Waals surface area contributed by atoms with Gasteiger partial charge >= 0.3 is 0 Å². The topological polar surface area (TPSA) is 12.0 Å². The molecule has 0 amide bonds. The molecule has 0 aromatic heterocycles. The van der Waals surface area contributed by atoms with E-state index in [1.54, 1.807) is 0 Å². The second-order valence-corrected chi connectivity index (χ2v) is 11.1. The summed E-state index contributed by atoms with van der Waals surface area (Å²) < 4.78 is 0. The summed E-state index contributed by atoms with van der Waals surface area (Å²) in [6.45, 7) is 2.00. The van der Waals surface area contributed by atoms with E-state index >= 15 is 0 Å². The van der Waals surface area contributed by atoms with E-state index < -0.39 is 7.26 Å². The van der Waals surface area contributed by atoms with Crippen LogP contribution in [0.5, 0.6) is 0 Å². The first-order valence-corrected chi connectivity index (χ1v) is 12.7. The van der Waals surface area contributed by atoms with Crippen molar-refractivity contribution < 1.29 is 0 Å². The van der Waals surface area contributed by atoms with Crippen molar-refractivity contribution in [2.45, 2.75) is 6.42 Å². The molecule has 0 unspecified atom stereocenters. The first kappa shape index (κ1) is 20.5. The van der Waals surface area contributed by atoms with Gasteiger partial charge in [-0.25, -0.2) is 0 Å². The molecule has 0 aliphatic heterocycles. The Morgan fingerprint density at radius 2 is 0.867 bits per heavy atom. The van der Waals surface area contributed by atoms with Gasteiger partial charge in [-0.15, -0.1) is 0 Å². The van der Waals surface area contributed by atoms with Crippen LogP contribution in [-0.4, -0.2) is 19.3 Å². The van der Waals surface area contributed by atoms with Crippen LogP contribution in [0, 0.1) is 0 Å². The highest BCUT2D eigenvalue weighted by atomic mass is 31.2. The summed E-state index contributed by atoms with van der Waals surface area (Å²) in [6, 6.07) is 44.1. The van der Waals surface area contributed by atoms with Crippen LogP contribution in [0.1, 0.15) is 5.56 Å². The minimum atomic E-state index is -1.73. The highest BCUT2D eigenvalue weighted by molar-refractivity contribution is 7.95. The average Bonchev–Trinajstić information content (AvgIpc) is 2.84. The Bertz CT molecular complexity index is 905. The van der Waals surface area contributed by atoms with Crippen molar-refractivity contribution in [2.24, 2.45) is 0 Å². The second kappa shape index (κ2) is 10.3. The van der Waals surface area contributed by atoms with Gasteiger partial charge in [0.2, 0.25) is 0 Å². The van der Waals surface area contributed by atoms with E-state index in [0.717, 1.165) is 25.7 Å². The number of hydrogen-bond acceptors (Lipinski definition) is 1. The number of rotatable bonds is 9. The monoisotopic (exact) mass is 410 g/mol. The molecule has 0 spiro atoms. The fourth-order valence-electron chi connectivity index (χ4n) is 4.13. The number of nitrogens with one attached hydrogen (secondary N) is 1. The van der Waals surface area contributed by atoms with Crippen LogP contribution in [0.3, 0.4) is 0 Å². The molecule has 0 aliphatic carbocycles. The van der Waals surface area contributed by atoms with Gasteiger partial charge in [0.25, 0.3) is 0 Å². The molecule has 4 aromatic rings. The minimum absolute atomic E-state index is 0.999. The van der Waals surface area contributed by atoms with Crippen LogP contribution in [0.2, 0.25) is 0 Å². The molecule has 0 bridgehead atoms. The summed E-state index contributed by atoms with van der Waals surface area (Å²) >= 11 is 0. The zero-order valence-corrected chi connectivity index (χ0v) is 18.2. The van der Waals surface area contributed by atoms with Crippen LogP contribution in [0.4, 0.5) is 0 Å². The first-order chi connectivity index (χ1) is 14.9. The smallest absolute Gasteiger partial charge is 0.113 e. The number of benzene rings is 4. The van der Waals surface area contributed by atoms with Crippen LogP contribution >= 0.6 is 7.26 Å². The van der Waals surface area contributed by atoms with Crippen molar-refractivity contribution in [1.29, 1.82) is 0 Å². The van der Waals surface area contributed by atoms with E-state index in [2.05, 4.69) is 127 Å². The summed E-state index contributed by atoms with van der Waals surface area (Å²) in [5.41, 5.74) is 1.39. The van der Waals surface area contributed by atoms with Crippen LogP contribution in [0.15, 0.2) is 121 Å².